The molecule has 1 fully saturated rings. The molecule has 1 aromatic carbocycles. The molecular formula is C16H21BrO. The van der Waals surface area contributed by atoms with Crippen LogP contribution >= 0.6 is 15.9 Å². The van der Waals surface area contributed by atoms with E-state index in [-0.39, 0.29) is 5.92 Å². The van der Waals surface area contributed by atoms with E-state index < -0.39 is 0 Å². The Morgan fingerprint density at radius 3 is 2.33 bits per heavy atom. The fourth-order valence-corrected chi connectivity index (χ4v) is 3.25. The summed E-state index contributed by atoms with van der Waals surface area (Å²) in [6, 6.07) is 4.10. The molecule has 0 spiro atoms. The minimum absolute atomic E-state index is 0.250. The van der Waals surface area contributed by atoms with Crippen LogP contribution in [0.5, 0.6) is 0 Å². The van der Waals surface area contributed by atoms with Crippen LogP contribution in [-0.4, -0.2) is 5.78 Å². The molecule has 1 saturated carbocycles. The summed E-state index contributed by atoms with van der Waals surface area (Å²) in [7, 11) is 0. The Hall–Kier alpha value is -0.630. The lowest BCUT2D eigenvalue weighted by atomic mass is 9.78. The average molecular weight is 309 g/mol. The van der Waals surface area contributed by atoms with Crippen molar-refractivity contribution in [2.75, 3.05) is 0 Å². The molecule has 0 radical (unpaired) electrons. The molecule has 2 rings (SSSR count). The number of rotatable bonds is 2. The van der Waals surface area contributed by atoms with Gasteiger partial charge in [-0.3, -0.25) is 4.79 Å². The molecule has 0 bridgehead atoms. The van der Waals surface area contributed by atoms with Crippen molar-refractivity contribution in [3.05, 3.63) is 33.3 Å². The first kappa shape index (κ1) is 13.8. The van der Waals surface area contributed by atoms with Crippen molar-refractivity contribution in [2.45, 2.75) is 46.5 Å². The quantitative estimate of drug-likeness (QED) is 0.697. The summed E-state index contributed by atoms with van der Waals surface area (Å²) in [5, 5.41) is 0. The molecule has 0 unspecified atom stereocenters. The van der Waals surface area contributed by atoms with Gasteiger partial charge in [0.2, 0.25) is 0 Å². The van der Waals surface area contributed by atoms with Gasteiger partial charge in [0.05, 0.1) is 0 Å². The Labute approximate surface area is 118 Å². The van der Waals surface area contributed by atoms with E-state index in [1.165, 1.54) is 12.8 Å². The number of ketones is 1. The Bertz CT molecular complexity index is 456. The van der Waals surface area contributed by atoms with Gasteiger partial charge in [0.1, 0.15) is 0 Å². The van der Waals surface area contributed by atoms with Crippen LogP contribution in [0.15, 0.2) is 16.6 Å². The van der Waals surface area contributed by atoms with Crippen LogP contribution in [0.3, 0.4) is 0 Å². The maximum atomic E-state index is 12.6. The number of hydrogen-bond donors (Lipinski definition) is 0. The van der Waals surface area contributed by atoms with Crippen molar-refractivity contribution < 1.29 is 4.79 Å². The van der Waals surface area contributed by atoms with Crippen molar-refractivity contribution in [3.63, 3.8) is 0 Å². The number of Topliss-reactive ketones (excluding diaryl/α,β-unsaturated/α-hetero) is 1. The third kappa shape index (κ3) is 2.85. The topological polar surface area (TPSA) is 17.1 Å². The lowest BCUT2D eigenvalue weighted by Crippen LogP contribution is -2.21. The summed E-state index contributed by atoms with van der Waals surface area (Å²) >= 11 is 3.52. The molecule has 18 heavy (non-hydrogen) atoms. The van der Waals surface area contributed by atoms with Gasteiger partial charge in [-0.15, -0.1) is 0 Å². The highest BCUT2D eigenvalue weighted by atomic mass is 79.9. The van der Waals surface area contributed by atoms with Crippen molar-refractivity contribution >= 4 is 21.7 Å². The molecule has 0 amide bonds. The first-order valence-corrected chi connectivity index (χ1v) is 7.59. The van der Waals surface area contributed by atoms with Gasteiger partial charge >= 0.3 is 0 Å². The van der Waals surface area contributed by atoms with Crippen LogP contribution in [0, 0.1) is 25.7 Å². The fourth-order valence-electron chi connectivity index (χ4n) is 2.79. The van der Waals surface area contributed by atoms with E-state index >= 15 is 0 Å². The molecule has 1 nitrogen and oxygen atoms in total. The van der Waals surface area contributed by atoms with E-state index in [2.05, 4.69) is 28.9 Å². The maximum Gasteiger partial charge on any atom is 0.166 e. The van der Waals surface area contributed by atoms with Crippen molar-refractivity contribution in [3.8, 4) is 0 Å². The lowest BCUT2D eigenvalue weighted by molar-refractivity contribution is 0.0875. The van der Waals surface area contributed by atoms with Crippen molar-refractivity contribution in [2.24, 2.45) is 11.8 Å². The standard InChI is InChI=1S/C16H21BrO/c1-10-4-6-13(7-5-10)16(18)14-8-12(3)15(17)9-11(14)2/h8-10,13H,4-7H2,1-3H3. The normalized spacial score (nSPS) is 24.0. The SMILES string of the molecule is Cc1cc(C(=O)C2CCC(C)CC2)c(C)cc1Br. The molecule has 1 aliphatic carbocycles. The van der Waals surface area contributed by atoms with Crippen molar-refractivity contribution in [1.82, 2.24) is 0 Å². The molecule has 1 aliphatic rings. The highest BCUT2D eigenvalue weighted by molar-refractivity contribution is 9.10. The summed E-state index contributed by atoms with van der Waals surface area (Å²) in [6.07, 6.45) is 4.53. The Morgan fingerprint density at radius 2 is 1.72 bits per heavy atom. The average Bonchev–Trinajstić information content (AvgIpc) is 2.34. The smallest absolute Gasteiger partial charge is 0.166 e. The molecule has 2 heteroatoms. The number of aryl methyl sites for hydroxylation is 2. The van der Waals surface area contributed by atoms with Gasteiger partial charge in [0.15, 0.2) is 5.78 Å². The molecule has 0 N–H and O–H groups in total. The van der Waals surface area contributed by atoms with Gasteiger partial charge in [-0.05, 0) is 55.9 Å². The maximum absolute atomic E-state index is 12.6. The second-order valence-corrected chi connectivity index (χ2v) is 6.59. The summed E-state index contributed by atoms with van der Waals surface area (Å²) in [5.74, 6) is 1.40. The molecule has 1 aromatic rings. The number of halogens is 1. The number of carbonyl (C=O) groups is 1. The summed E-state index contributed by atoms with van der Waals surface area (Å²) in [4.78, 5) is 12.6. The second-order valence-electron chi connectivity index (χ2n) is 5.74. The van der Waals surface area contributed by atoms with Gasteiger partial charge in [0, 0.05) is 16.0 Å². The van der Waals surface area contributed by atoms with Crippen LogP contribution in [0.4, 0.5) is 0 Å². The highest BCUT2D eigenvalue weighted by Gasteiger charge is 2.26. The van der Waals surface area contributed by atoms with Gasteiger partial charge in [-0.25, -0.2) is 0 Å². The zero-order chi connectivity index (χ0) is 13.3. The van der Waals surface area contributed by atoms with Crippen LogP contribution in [0.1, 0.15) is 54.1 Å². The van der Waals surface area contributed by atoms with Crippen LogP contribution in [0.2, 0.25) is 0 Å². The van der Waals surface area contributed by atoms with Crippen LogP contribution in [0.25, 0.3) is 0 Å². The van der Waals surface area contributed by atoms with E-state index in [9.17, 15) is 4.79 Å². The largest absolute Gasteiger partial charge is 0.294 e. The first-order chi connectivity index (χ1) is 8.49. The van der Waals surface area contributed by atoms with E-state index in [1.807, 2.05) is 19.9 Å². The predicted octanol–water partition coefficient (Wildman–Crippen LogP) is 5.07. The fraction of sp³-hybridized carbons (Fsp3) is 0.562. The van der Waals surface area contributed by atoms with E-state index in [1.54, 1.807) is 0 Å². The Kier molecular flexibility index (Phi) is 4.26. The third-order valence-corrected chi connectivity index (χ3v) is 5.01. The minimum atomic E-state index is 0.250. The van der Waals surface area contributed by atoms with Crippen molar-refractivity contribution in [1.29, 1.82) is 0 Å². The number of hydrogen-bond acceptors (Lipinski definition) is 1. The monoisotopic (exact) mass is 308 g/mol. The van der Waals surface area contributed by atoms with Crippen LogP contribution in [-0.2, 0) is 0 Å². The minimum Gasteiger partial charge on any atom is -0.294 e. The van der Waals surface area contributed by atoms with Gasteiger partial charge in [-0.1, -0.05) is 35.7 Å². The van der Waals surface area contributed by atoms with Gasteiger partial charge < -0.3 is 0 Å². The molecule has 0 heterocycles. The zero-order valence-electron chi connectivity index (χ0n) is 11.4. The molecular weight excluding hydrogens is 288 g/mol. The summed E-state index contributed by atoms with van der Waals surface area (Å²) in [5.41, 5.74) is 3.17. The summed E-state index contributed by atoms with van der Waals surface area (Å²) in [6.45, 7) is 6.36. The Morgan fingerprint density at radius 1 is 1.11 bits per heavy atom. The second kappa shape index (κ2) is 5.56. The highest BCUT2D eigenvalue weighted by Crippen LogP contribution is 2.32. The molecule has 0 atom stereocenters. The third-order valence-electron chi connectivity index (χ3n) is 4.16. The van der Waals surface area contributed by atoms with E-state index in [0.717, 1.165) is 39.9 Å². The number of benzene rings is 1. The van der Waals surface area contributed by atoms with Crippen LogP contribution < -0.4 is 0 Å². The predicted molar refractivity (Wildman–Crippen MR) is 79.1 cm³/mol. The molecule has 0 aliphatic heterocycles. The molecule has 0 saturated heterocycles. The molecule has 98 valence electrons. The lowest BCUT2D eigenvalue weighted by Gasteiger charge is -2.25. The summed E-state index contributed by atoms with van der Waals surface area (Å²) < 4.78 is 1.09. The Balaban J connectivity index is 2.21. The van der Waals surface area contributed by atoms with E-state index in [0.29, 0.717) is 5.78 Å². The molecule has 0 aromatic heterocycles. The van der Waals surface area contributed by atoms with E-state index in [4.69, 9.17) is 0 Å². The number of carbonyl (C=O) groups excluding carboxylic acids is 1. The van der Waals surface area contributed by atoms with Gasteiger partial charge in [0.25, 0.3) is 0 Å². The zero-order valence-corrected chi connectivity index (χ0v) is 13.0. The first-order valence-electron chi connectivity index (χ1n) is 6.80. The van der Waals surface area contributed by atoms with Gasteiger partial charge in [-0.2, -0.15) is 0 Å².